The number of nitrogens with one attached hydrogen (secondary N) is 1. The van der Waals surface area contributed by atoms with Crippen LogP contribution in [0.5, 0.6) is 11.5 Å². The number of aryl methyl sites for hydroxylation is 1. The number of hydrogen-bond acceptors (Lipinski definition) is 7. The Kier molecular flexibility index (Phi) is 6.10. The van der Waals surface area contributed by atoms with Crippen LogP contribution in [0.25, 0.3) is 0 Å². The van der Waals surface area contributed by atoms with E-state index in [1.165, 1.54) is 12.1 Å². The summed E-state index contributed by atoms with van der Waals surface area (Å²) >= 11 is 0. The summed E-state index contributed by atoms with van der Waals surface area (Å²) in [5.41, 5.74) is 1.43. The van der Waals surface area contributed by atoms with Crippen LogP contribution in [0.4, 0.5) is 5.69 Å². The number of amides is 1. The summed E-state index contributed by atoms with van der Waals surface area (Å²) in [5.74, 6) is -1.05. The van der Waals surface area contributed by atoms with Gasteiger partial charge in [-0.3, -0.25) is 9.59 Å². The number of carbonyl (C=O) groups is 2. The van der Waals surface area contributed by atoms with Crippen molar-refractivity contribution < 1.29 is 32.2 Å². The first-order chi connectivity index (χ1) is 15.2. The number of sulfone groups is 1. The van der Waals surface area contributed by atoms with Crippen LogP contribution in [0.1, 0.15) is 37.7 Å². The fourth-order valence-electron chi connectivity index (χ4n) is 3.79. The molecule has 1 aliphatic carbocycles. The molecule has 1 N–H and O–H groups in total. The van der Waals surface area contributed by atoms with E-state index in [1.807, 2.05) is 6.92 Å². The first-order valence-electron chi connectivity index (χ1n) is 10.5. The maximum Gasteiger partial charge on any atom is 0.307 e. The molecule has 0 atom stereocenters. The zero-order chi connectivity index (χ0) is 22.8. The molecule has 0 bridgehead atoms. The third kappa shape index (κ3) is 5.04. The molecule has 1 fully saturated rings. The van der Waals surface area contributed by atoms with E-state index in [0.717, 1.165) is 31.2 Å². The second-order valence-corrected chi connectivity index (χ2v) is 10.2. The van der Waals surface area contributed by atoms with Gasteiger partial charge in [0.15, 0.2) is 27.9 Å². The second kappa shape index (κ2) is 8.82. The van der Waals surface area contributed by atoms with Gasteiger partial charge in [0.1, 0.15) is 0 Å². The summed E-state index contributed by atoms with van der Waals surface area (Å²) in [7, 11) is -3.60. The lowest BCUT2D eigenvalue weighted by Crippen LogP contribution is -2.34. The molecular formula is C23H25NO7S. The largest absolute Gasteiger partial charge is 0.456 e. The molecular weight excluding hydrogens is 434 g/mol. The number of esters is 1. The molecule has 1 aliphatic heterocycles. The van der Waals surface area contributed by atoms with Crippen molar-refractivity contribution in [3.8, 4) is 11.5 Å². The van der Waals surface area contributed by atoms with E-state index in [9.17, 15) is 18.0 Å². The molecule has 1 saturated carbocycles. The highest BCUT2D eigenvalue weighted by atomic mass is 32.2. The van der Waals surface area contributed by atoms with Gasteiger partial charge < -0.3 is 19.5 Å². The predicted octanol–water partition coefficient (Wildman–Crippen LogP) is 3.38. The minimum absolute atomic E-state index is 0.149. The molecule has 1 amide bonds. The number of fused-ring (bicyclic) bond motifs is 1. The Morgan fingerprint density at radius 3 is 2.44 bits per heavy atom. The zero-order valence-electron chi connectivity index (χ0n) is 17.8. The highest BCUT2D eigenvalue weighted by Crippen LogP contribution is 2.47. The molecule has 0 saturated heterocycles. The summed E-state index contributed by atoms with van der Waals surface area (Å²) in [4.78, 5) is 24.2. The Balaban J connectivity index is 1.24. The van der Waals surface area contributed by atoms with Gasteiger partial charge >= 0.3 is 5.97 Å². The molecule has 9 heteroatoms. The number of anilines is 1. The molecule has 2 aromatic rings. The number of rotatable bonds is 7. The molecule has 0 unspecified atom stereocenters. The van der Waals surface area contributed by atoms with E-state index >= 15 is 0 Å². The van der Waals surface area contributed by atoms with Gasteiger partial charge in [-0.25, -0.2) is 8.42 Å². The summed E-state index contributed by atoms with van der Waals surface area (Å²) in [6.07, 6.45) is 3.43. The maximum atomic E-state index is 12.3. The van der Waals surface area contributed by atoms with Crippen LogP contribution < -0.4 is 14.8 Å². The molecule has 1 spiro atoms. The quantitative estimate of drug-likeness (QED) is 0.632. The highest BCUT2D eigenvalue weighted by molar-refractivity contribution is 7.91. The van der Waals surface area contributed by atoms with E-state index in [1.54, 1.807) is 30.3 Å². The van der Waals surface area contributed by atoms with Gasteiger partial charge in [-0.05, 0) is 44.0 Å². The molecule has 1 heterocycles. The zero-order valence-corrected chi connectivity index (χ0v) is 18.6. The molecule has 8 nitrogen and oxygen atoms in total. The molecule has 2 aromatic carbocycles. The van der Waals surface area contributed by atoms with Crippen molar-refractivity contribution in [2.45, 2.75) is 49.7 Å². The topological polar surface area (TPSA) is 108 Å². The van der Waals surface area contributed by atoms with Crippen molar-refractivity contribution in [3.63, 3.8) is 0 Å². The van der Waals surface area contributed by atoms with Gasteiger partial charge in [-0.2, -0.15) is 0 Å². The van der Waals surface area contributed by atoms with Crippen molar-refractivity contribution in [3.05, 3.63) is 48.0 Å². The molecule has 0 aromatic heterocycles. The Morgan fingerprint density at radius 1 is 1.03 bits per heavy atom. The summed E-state index contributed by atoms with van der Waals surface area (Å²) in [6.45, 7) is 1.34. The third-order valence-electron chi connectivity index (χ3n) is 5.50. The van der Waals surface area contributed by atoms with Gasteiger partial charge in [0, 0.05) is 24.6 Å². The number of hydrogen-bond donors (Lipinski definition) is 1. The van der Waals surface area contributed by atoms with Crippen molar-refractivity contribution in [2.24, 2.45) is 0 Å². The molecule has 2 aliphatic rings. The lowest BCUT2D eigenvalue weighted by atomic mass is 10.2. The predicted molar refractivity (Wildman–Crippen MR) is 116 cm³/mol. The normalized spacial score (nSPS) is 16.2. The molecule has 0 radical (unpaired) electrons. The van der Waals surface area contributed by atoms with Crippen molar-refractivity contribution >= 4 is 27.4 Å². The average Bonchev–Trinajstić information content (AvgIpc) is 3.36. The van der Waals surface area contributed by atoms with E-state index < -0.39 is 34.1 Å². The first kappa shape index (κ1) is 22.1. The average molecular weight is 460 g/mol. The van der Waals surface area contributed by atoms with Gasteiger partial charge in [0.05, 0.1) is 17.1 Å². The van der Waals surface area contributed by atoms with Crippen molar-refractivity contribution in [1.29, 1.82) is 0 Å². The monoisotopic (exact) mass is 459 g/mol. The first-order valence-corrected chi connectivity index (χ1v) is 12.2. The summed E-state index contributed by atoms with van der Waals surface area (Å²) < 4.78 is 41.4. The van der Waals surface area contributed by atoms with E-state index in [0.29, 0.717) is 17.2 Å². The van der Waals surface area contributed by atoms with Crippen LogP contribution >= 0.6 is 0 Å². The van der Waals surface area contributed by atoms with Crippen LogP contribution in [0, 0.1) is 6.92 Å². The standard InChI is InChI=1S/C23H25NO7S/c1-16-4-7-18(8-5-16)32(27,28)13-10-22(26)29-15-21(25)24-17-6-9-19-20(14-17)31-23(30-19)11-2-3-12-23/h4-9,14H,2-3,10-13,15H2,1H3,(H,24,25). The summed E-state index contributed by atoms with van der Waals surface area (Å²) in [6, 6.07) is 11.5. The summed E-state index contributed by atoms with van der Waals surface area (Å²) in [5, 5.41) is 2.64. The number of ether oxygens (including phenoxy) is 3. The minimum Gasteiger partial charge on any atom is -0.456 e. The Hall–Kier alpha value is -3.07. The van der Waals surface area contributed by atoms with Crippen LogP contribution in [-0.2, 0) is 24.2 Å². The minimum atomic E-state index is -3.60. The Bertz CT molecular complexity index is 1120. The van der Waals surface area contributed by atoms with Crippen molar-refractivity contribution in [1.82, 2.24) is 0 Å². The lowest BCUT2D eigenvalue weighted by Gasteiger charge is -2.21. The van der Waals surface area contributed by atoms with Crippen LogP contribution in [0.2, 0.25) is 0 Å². The van der Waals surface area contributed by atoms with E-state index in [2.05, 4.69) is 5.32 Å². The van der Waals surface area contributed by atoms with Gasteiger partial charge in [0.25, 0.3) is 11.7 Å². The number of carbonyl (C=O) groups excluding carboxylic acids is 2. The number of benzene rings is 2. The van der Waals surface area contributed by atoms with Crippen LogP contribution in [0.15, 0.2) is 47.4 Å². The second-order valence-electron chi connectivity index (χ2n) is 8.07. The van der Waals surface area contributed by atoms with Gasteiger partial charge in [-0.15, -0.1) is 0 Å². The fourth-order valence-corrected chi connectivity index (χ4v) is 5.01. The van der Waals surface area contributed by atoms with Crippen molar-refractivity contribution in [2.75, 3.05) is 17.7 Å². The Labute approximate surface area is 186 Å². The lowest BCUT2D eigenvalue weighted by molar-refractivity contribution is -0.146. The van der Waals surface area contributed by atoms with Gasteiger partial charge in [-0.1, -0.05) is 17.7 Å². The highest BCUT2D eigenvalue weighted by Gasteiger charge is 2.44. The van der Waals surface area contributed by atoms with E-state index in [4.69, 9.17) is 14.2 Å². The van der Waals surface area contributed by atoms with Crippen LogP contribution in [0.3, 0.4) is 0 Å². The van der Waals surface area contributed by atoms with E-state index in [-0.39, 0.29) is 17.1 Å². The molecule has 4 rings (SSSR count). The molecule has 170 valence electrons. The van der Waals surface area contributed by atoms with Gasteiger partial charge in [0.2, 0.25) is 0 Å². The Morgan fingerprint density at radius 2 is 1.72 bits per heavy atom. The molecule has 32 heavy (non-hydrogen) atoms. The third-order valence-corrected chi connectivity index (χ3v) is 7.24. The fraction of sp³-hybridized carbons (Fsp3) is 0.391. The SMILES string of the molecule is Cc1ccc(S(=O)(=O)CCC(=O)OCC(=O)Nc2ccc3c(c2)OC2(CCCC2)O3)cc1. The maximum absolute atomic E-state index is 12.3. The smallest absolute Gasteiger partial charge is 0.307 e. The van der Waals surface area contributed by atoms with Crippen LogP contribution in [-0.4, -0.2) is 38.4 Å².